The van der Waals surface area contributed by atoms with Gasteiger partial charge in [0.05, 0.1) is 6.04 Å². The third-order valence-electron chi connectivity index (χ3n) is 6.38. The lowest BCUT2D eigenvalue weighted by atomic mass is 10.0. The minimum atomic E-state index is -0.599. The summed E-state index contributed by atoms with van der Waals surface area (Å²) in [7, 11) is 0. The number of amides is 2. The lowest BCUT2D eigenvalue weighted by Gasteiger charge is -2.42. The van der Waals surface area contributed by atoms with Gasteiger partial charge in [-0.1, -0.05) is 19.9 Å². The molecule has 0 spiro atoms. The van der Waals surface area contributed by atoms with Crippen molar-refractivity contribution in [3.05, 3.63) is 52.5 Å². The quantitative estimate of drug-likeness (QED) is 0.503. The maximum atomic E-state index is 13.3. The second-order valence-corrected chi connectivity index (χ2v) is 9.48. The first kappa shape index (κ1) is 26.1. The molecule has 3 rings (SSSR count). The van der Waals surface area contributed by atoms with Gasteiger partial charge in [0.1, 0.15) is 5.82 Å². The molecule has 1 aliphatic heterocycles. The largest absolute Gasteiger partial charge is 0.369 e. The minimum absolute atomic E-state index is 0.0252. The maximum absolute atomic E-state index is 13.3. The predicted molar refractivity (Wildman–Crippen MR) is 136 cm³/mol. The van der Waals surface area contributed by atoms with E-state index in [1.165, 1.54) is 12.1 Å². The molecule has 186 valence electrons. The van der Waals surface area contributed by atoms with Gasteiger partial charge in [-0.3, -0.25) is 14.5 Å². The second kappa shape index (κ2) is 12.8. The van der Waals surface area contributed by atoms with E-state index >= 15 is 0 Å². The van der Waals surface area contributed by atoms with Crippen LogP contribution in [0, 0.1) is 5.82 Å². The summed E-state index contributed by atoms with van der Waals surface area (Å²) < 4.78 is 13.3. The SMILES string of the molecule is CCN(CC)CCNC(=O)C(=O)N[C@@H](C)[C@@H](c1cccs1)N1CCN(c2ccc(F)cc2)CC1. The van der Waals surface area contributed by atoms with Gasteiger partial charge in [0, 0.05) is 55.9 Å². The van der Waals surface area contributed by atoms with Crippen LogP contribution in [0.4, 0.5) is 10.1 Å². The Balaban J connectivity index is 1.58. The first-order valence-corrected chi connectivity index (χ1v) is 12.9. The molecule has 0 aliphatic carbocycles. The van der Waals surface area contributed by atoms with Crippen LogP contribution >= 0.6 is 11.3 Å². The molecule has 7 nitrogen and oxygen atoms in total. The van der Waals surface area contributed by atoms with E-state index in [4.69, 9.17) is 0 Å². The highest BCUT2D eigenvalue weighted by Crippen LogP contribution is 2.30. The van der Waals surface area contributed by atoms with Crippen LogP contribution in [0.5, 0.6) is 0 Å². The Morgan fingerprint density at radius 2 is 1.74 bits per heavy atom. The number of piperazine rings is 1. The molecule has 34 heavy (non-hydrogen) atoms. The van der Waals surface area contributed by atoms with Gasteiger partial charge in [-0.05, 0) is 55.7 Å². The number of hydrogen-bond acceptors (Lipinski definition) is 6. The van der Waals surface area contributed by atoms with Gasteiger partial charge in [-0.15, -0.1) is 11.3 Å². The summed E-state index contributed by atoms with van der Waals surface area (Å²) in [5, 5.41) is 7.69. The van der Waals surface area contributed by atoms with Gasteiger partial charge < -0.3 is 20.4 Å². The highest BCUT2D eigenvalue weighted by molar-refractivity contribution is 7.10. The molecule has 1 aromatic carbocycles. The number of benzene rings is 1. The Labute approximate surface area is 205 Å². The molecule has 1 fully saturated rings. The molecule has 0 bridgehead atoms. The van der Waals surface area contributed by atoms with E-state index < -0.39 is 11.8 Å². The molecule has 0 radical (unpaired) electrons. The molecule has 2 amide bonds. The first-order chi connectivity index (χ1) is 16.4. The van der Waals surface area contributed by atoms with Crippen molar-refractivity contribution in [3.8, 4) is 0 Å². The summed E-state index contributed by atoms with van der Waals surface area (Å²) in [6.07, 6.45) is 0. The molecular formula is C25H36FN5O2S. The average molecular weight is 490 g/mol. The summed E-state index contributed by atoms with van der Waals surface area (Å²) >= 11 is 1.66. The monoisotopic (exact) mass is 489 g/mol. The van der Waals surface area contributed by atoms with E-state index in [-0.39, 0.29) is 17.9 Å². The minimum Gasteiger partial charge on any atom is -0.369 e. The first-order valence-electron chi connectivity index (χ1n) is 12.0. The van der Waals surface area contributed by atoms with E-state index in [2.05, 4.69) is 45.2 Å². The average Bonchev–Trinajstić information content (AvgIpc) is 3.37. The van der Waals surface area contributed by atoms with E-state index in [1.807, 2.05) is 30.5 Å². The fourth-order valence-electron chi connectivity index (χ4n) is 4.41. The zero-order chi connectivity index (χ0) is 24.5. The lowest BCUT2D eigenvalue weighted by Crippen LogP contribution is -2.54. The number of carbonyl (C=O) groups excluding carboxylic acids is 2. The van der Waals surface area contributed by atoms with E-state index in [0.717, 1.165) is 56.4 Å². The summed E-state index contributed by atoms with van der Waals surface area (Å²) in [5.74, 6) is -1.43. The van der Waals surface area contributed by atoms with Gasteiger partial charge in [0.25, 0.3) is 0 Å². The van der Waals surface area contributed by atoms with Gasteiger partial charge in [-0.2, -0.15) is 0 Å². The Morgan fingerprint density at radius 3 is 2.32 bits per heavy atom. The number of carbonyl (C=O) groups is 2. The van der Waals surface area contributed by atoms with Crippen LogP contribution in [0.3, 0.4) is 0 Å². The number of thiophene rings is 1. The van der Waals surface area contributed by atoms with Gasteiger partial charge in [0.2, 0.25) is 0 Å². The van der Waals surface area contributed by atoms with Crippen LogP contribution in [0.15, 0.2) is 41.8 Å². The van der Waals surface area contributed by atoms with Crippen LogP contribution in [0.2, 0.25) is 0 Å². The number of nitrogens with zero attached hydrogens (tertiary/aromatic N) is 3. The molecule has 0 unspecified atom stereocenters. The molecular weight excluding hydrogens is 453 g/mol. The Morgan fingerprint density at radius 1 is 1.06 bits per heavy atom. The predicted octanol–water partition coefficient (Wildman–Crippen LogP) is 2.71. The molecule has 2 atom stereocenters. The van der Waals surface area contributed by atoms with Crippen LogP contribution in [0.1, 0.15) is 31.7 Å². The summed E-state index contributed by atoms with van der Waals surface area (Å²) in [6.45, 7) is 12.3. The van der Waals surface area contributed by atoms with Crippen molar-refractivity contribution in [3.63, 3.8) is 0 Å². The highest BCUT2D eigenvalue weighted by Gasteiger charge is 2.32. The zero-order valence-corrected chi connectivity index (χ0v) is 21.1. The summed E-state index contributed by atoms with van der Waals surface area (Å²) in [6, 6.07) is 10.4. The van der Waals surface area contributed by atoms with E-state index in [1.54, 1.807) is 11.3 Å². The fraction of sp³-hybridized carbons (Fsp3) is 0.520. The third-order valence-corrected chi connectivity index (χ3v) is 7.32. The van der Waals surface area contributed by atoms with Crippen molar-refractivity contribution in [1.29, 1.82) is 0 Å². The van der Waals surface area contributed by atoms with Crippen molar-refractivity contribution in [2.24, 2.45) is 0 Å². The van der Waals surface area contributed by atoms with Crippen molar-refractivity contribution in [1.82, 2.24) is 20.4 Å². The molecule has 2 N–H and O–H groups in total. The van der Waals surface area contributed by atoms with Crippen molar-refractivity contribution >= 4 is 28.8 Å². The molecule has 1 saturated heterocycles. The van der Waals surface area contributed by atoms with Crippen molar-refractivity contribution in [2.75, 3.05) is 57.3 Å². The molecule has 1 aromatic heterocycles. The highest BCUT2D eigenvalue weighted by atomic mass is 32.1. The molecule has 9 heteroatoms. The topological polar surface area (TPSA) is 67.9 Å². The number of hydrogen-bond donors (Lipinski definition) is 2. The normalized spacial score (nSPS) is 16.3. The molecule has 1 aliphatic rings. The lowest BCUT2D eigenvalue weighted by molar-refractivity contribution is -0.139. The number of nitrogens with one attached hydrogen (secondary N) is 2. The zero-order valence-electron chi connectivity index (χ0n) is 20.3. The molecule has 0 saturated carbocycles. The fourth-order valence-corrected chi connectivity index (χ4v) is 5.38. The van der Waals surface area contributed by atoms with Crippen LogP contribution in [-0.4, -0.2) is 80.0 Å². The summed E-state index contributed by atoms with van der Waals surface area (Å²) in [4.78, 5) is 32.9. The Bertz CT molecular complexity index is 897. The van der Waals surface area contributed by atoms with Gasteiger partial charge in [0.15, 0.2) is 0 Å². The van der Waals surface area contributed by atoms with E-state index in [9.17, 15) is 14.0 Å². The number of rotatable bonds is 10. The number of likely N-dealkylation sites (N-methyl/N-ethyl adjacent to an activating group) is 1. The molecule has 2 heterocycles. The standard InChI is InChI=1S/C25H36FN5O2S/c1-4-29(5-2)13-12-27-24(32)25(33)28-19(3)23(22-7-6-18-34-22)31-16-14-30(15-17-31)21-10-8-20(26)9-11-21/h6-11,18-19,23H,4-5,12-17H2,1-3H3,(H,27,32)(H,28,33)/t19-,23-/m0/s1. The Hall–Kier alpha value is -2.49. The second-order valence-electron chi connectivity index (χ2n) is 8.50. The third kappa shape index (κ3) is 7.01. The van der Waals surface area contributed by atoms with Crippen LogP contribution < -0.4 is 15.5 Å². The maximum Gasteiger partial charge on any atom is 0.309 e. The van der Waals surface area contributed by atoms with E-state index in [0.29, 0.717) is 6.54 Å². The Kier molecular flexibility index (Phi) is 9.86. The van der Waals surface area contributed by atoms with Crippen LogP contribution in [0.25, 0.3) is 0 Å². The van der Waals surface area contributed by atoms with Crippen molar-refractivity contribution in [2.45, 2.75) is 32.9 Å². The number of anilines is 1. The summed E-state index contributed by atoms with van der Waals surface area (Å²) in [5.41, 5.74) is 1.01. The van der Waals surface area contributed by atoms with Gasteiger partial charge >= 0.3 is 11.8 Å². The van der Waals surface area contributed by atoms with Crippen LogP contribution in [-0.2, 0) is 9.59 Å². The van der Waals surface area contributed by atoms with Gasteiger partial charge in [-0.25, -0.2) is 4.39 Å². The van der Waals surface area contributed by atoms with Crippen molar-refractivity contribution < 1.29 is 14.0 Å². The number of halogens is 1. The smallest absolute Gasteiger partial charge is 0.309 e. The molecule has 2 aromatic rings.